The van der Waals surface area contributed by atoms with Gasteiger partial charge in [-0.05, 0) is 78.4 Å². The Kier molecular flexibility index (Phi) is 9.93. The second-order valence-electron chi connectivity index (χ2n) is 19.4. The molecule has 0 atom stereocenters. The molecule has 15 rings (SSSR count). The van der Waals surface area contributed by atoms with Crippen molar-refractivity contribution in [2.75, 3.05) is 0 Å². The standard InChI is InChI=1S/C70H46N6/c1-46(47-41-43-48(44-42-47)73-60-33-12-4-23-50(60)51-24-5-13-34-61(51)73)72-70(76-66-39-18-10-29-56(66)57-30-11-19-40-67(57)76)69(75-64-37-16-8-27-54(64)55-28-9-17-38-65(55)75)68(58-31-3-2-22-49(58)59-32-20-21-45-71-59)74-62-35-14-6-25-52(62)53-26-7-15-36-63(53)74/h2-45H,1H2/b69-68+,72-70+. The van der Waals surface area contributed by atoms with Gasteiger partial charge < -0.3 is 13.7 Å². The lowest BCUT2D eigenvalue weighted by Gasteiger charge is -2.26. The van der Waals surface area contributed by atoms with Gasteiger partial charge in [-0.25, -0.2) is 4.99 Å². The lowest BCUT2D eigenvalue weighted by molar-refractivity contribution is 1.14. The Morgan fingerprint density at radius 1 is 0.342 bits per heavy atom. The zero-order valence-electron chi connectivity index (χ0n) is 41.3. The molecule has 76 heavy (non-hydrogen) atoms. The van der Waals surface area contributed by atoms with Crippen LogP contribution in [0.1, 0.15) is 11.1 Å². The van der Waals surface area contributed by atoms with Crippen molar-refractivity contribution in [3.05, 3.63) is 285 Å². The number of rotatable bonds is 8. The third kappa shape index (κ3) is 6.61. The molecule has 0 N–H and O–H groups in total. The molecule has 0 fully saturated rings. The number of nitrogens with zero attached hydrogens (tertiary/aromatic N) is 6. The summed E-state index contributed by atoms with van der Waals surface area (Å²) in [6, 6.07) is 93.4. The molecule has 5 aromatic heterocycles. The number of para-hydroxylation sites is 8. The number of allylic oxidation sites excluding steroid dienone is 1. The fourth-order valence-electron chi connectivity index (χ4n) is 12.0. The second kappa shape index (κ2) is 17.4. The van der Waals surface area contributed by atoms with Crippen molar-refractivity contribution in [2.24, 2.45) is 4.99 Å². The molecule has 5 heterocycles. The minimum atomic E-state index is 0.614. The van der Waals surface area contributed by atoms with E-state index >= 15 is 0 Å². The average molecular weight is 971 g/mol. The fraction of sp³-hybridized carbons (Fsp3) is 0. The van der Waals surface area contributed by atoms with E-state index in [0.717, 1.165) is 116 Å². The maximum absolute atomic E-state index is 6.04. The van der Waals surface area contributed by atoms with E-state index in [1.807, 2.05) is 12.3 Å². The van der Waals surface area contributed by atoms with Gasteiger partial charge in [-0.3, -0.25) is 9.55 Å². The Morgan fingerprint density at radius 2 is 0.711 bits per heavy atom. The quantitative estimate of drug-likeness (QED) is 0.111. The van der Waals surface area contributed by atoms with Crippen LogP contribution in [-0.2, 0) is 0 Å². The highest BCUT2D eigenvalue weighted by atomic mass is 15.2. The number of hydrogen-bond acceptors (Lipinski definition) is 2. The van der Waals surface area contributed by atoms with Crippen molar-refractivity contribution in [1.29, 1.82) is 0 Å². The zero-order chi connectivity index (χ0) is 50.3. The Labute approximate surface area is 437 Å². The summed E-state index contributed by atoms with van der Waals surface area (Å²) in [6.07, 6.45) is 1.88. The van der Waals surface area contributed by atoms with Crippen LogP contribution in [0.2, 0.25) is 0 Å². The van der Waals surface area contributed by atoms with Crippen LogP contribution >= 0.6 is 0 Å². The number of aromatic nitrogens is 5. The van der Waals surface area contributed by atoms with Crippen LogP contribution in [-0.4, -0.2) is 29.1 Å². The predicted octanol–water partition coefficient (Wildman–Crippen LogP) is 17.7. The molecule has 0 unspecified atom stereocenters. The van der Waals surface area contributed by atoms with E-state index in [1.165, 1.54) is 10.8 Å². The maximum Gasteiger partial charge on any atom is 0.164 e. The zero-order valence-corrected chi connectivity index (χ0v) is 41.3. The van der Waals surface area contributed by atoms with Crippen molar-refractivity contribution in [1.82, 2.24) is 23.3 Å². The Balaban J connectivity index is 1.12. The molecule has 0 radical (unpaired) electrons. The topological polar surface area (TPSA) is 45.0 Å². The molecule has 356 valence electrons. The van der Waals surface area contributed by atoms with Crippen molar-refractivity contribution in [2.45, 2.75) is 0 Å². The third-order valence-electron chi connectivity index (χ3n) is 15.2. The van der Waals surface area contributed by atoms with Gasteiger partial charge in [-0.15, -0.1) is 0 Å². The van der Waals surface area contributed by atoms with Crippen molar-refractivity contribution in [3.8, 4) is 16.9 Å². The largest absolute Gasteiger partial charge is 0.309 e. The van der Waals surface area contributed by atoms with E-state index in [9.17, 15) is 0 Å². The van der Waals surface area contributed by atoms with Crippen LogP contribution in [0.4, 0.5) is 0 Å². The van der Waals surface area contributed by atoms with Crippen molar-refractivity contribution in [3.63, 3.8) is 0 Å². The van der Waals surface area contributed by atoms with Gasteiger partial charge in [0.2, 0.25) is 0 Å². The van der Waals surface area contributed by atoms with Crippen LogP contribution < -0.4 is 0 Å². The SMILES string of the molecule is C=C(/N=C(\C(=C(\c1ccccc1-c1ccccn1)n1c2ccccc2c2ccccc21)n1c2ccccc2c2ccccc21)n1c2ccccc2c2ccccc21)c1ccc(-n2c3ccccc3c3ccccc32)cc1. The molecule has 0 aliphatic carbocycles. The molecule has 6 nitrogen and oxygen atoms in total. The van der Waals surface area contributed by atoms with Gasteiger partial charge in [-0.1, -0.05) is 195 Å². The minimum Gasteiger partial charge on any atom is -0.309 e. The summed E-state index contributed by atoms with van der Waals surface area (Å²) in [4.78, 5) is 11.1. The number of pyridine rings is 1. The smallest absolute Gasteiger partial charge is 0.164 e. The molecule has 10 aromatic carbocycles. The molecule has 0 aliphatic rings. The highest BCUT2D eigenvalue weighted by Gasteiger charge is 2.31. The predicted molar refractivity (Wildman–Crippen MR) is 319 cm³/mol. The number of benzene rings is 10. The minimum absolute atomic E-state index is 0.614. The first kappa shape index (κ1) is 43.3. The van der Waals surface area contributed by atoms with E-state index in [4.69, 9.17) is 16.6 Å². The highest BCUT2D eigenvalue weighted by molar-refractivity contribution is 6.35. The first-order valence-electron chi connectivity index (χ1n) is 25.8. The Bertz CT molecular complexity index is 4670. The van der Waals surface area contributed by atoms with Gasteiger partial charge in [-0.2, -0.15) is 0 Å². The van der Waals surface area contributed by atoms with Gasteiger partial charge in [0, 0.05) is 66.1 Å². The summed E-state index contributed by atoms with van der Waals surface area (Å²) in [5, 5.41) is 9.26. The van der Waals surface area contributed by atoms with Crippen LogP contribution in [0.15, 0.2) is 279 Å². The second-order valence-corrected chi connectivity index (χ2v) is 19.4. The Hall–Kier alpha value is -10.3. The summed E-state index contributed by atoms with van der Waals surface area (Å²) in [6.45, 7) is 4.92. The van der Waals surface area contributed by atoms with E-state index in [0.29, 0.717) is 11.5 Å². The molecular formula is C70H46N6. The molecule has 6 heteroatoms. The van der Waals surface area contributed by atoms with Gasteiger partial charge in [0.15, 0.2) is 5.84 Å². The van der Waals surface area contributed by atoms with Gasteiger partial charge in [0.25, 0.3) is 0 Å². The first-order chi connectivity index (χ1) is 37.7. The normalized spacial score (nSPS) is 12.6. The summed E-state index contributed by atoms with van der Waals surface area (Å²) < 4.78 is 9.65. The maximum atomic E-state index is 6.04. The lowest BCUT2D eigenvalue weighted by atomic mass is 9.98. The average Bonchev–Trinajstić information content (AvgIpc) is 4.23. The monoisotopic (exact) mass is 970 g/mol. The van der Waals surface area contributed by atoms with Crippen molar-refractivity contribution >= 4 is 110 Å². The van der Waals surface area contributed by atoms with Crippen LogP contribution in [0.5, 0.6) is 0 Å². The summed E-state index contributed by atoms with van der Waals surface area (Å²) in [5.74, 6) is 0.702. The molecule has 0 amide bonds. The number of aliphatic imine (C=N–C) groups is 1. The van der Waals surface area contributed by atoms with Crippen LogP contribution in [0, 0.1) is 0 Å². The Morgan fingerprint density at radius 3 is 1.16 bits per heavy atom. The highest BCUT2D eigenvalue weighted by Crippen LogP contribution is 2.44. The third-order valence-corrected chi connectivity index (χ3v) is 15.2. The number of hydrogen-bond donors (Lipinski definition) is 0. The van der Waals surface area contributed by atoms with Gasteiger partial charge in [0.1, 0.15) is 5.70 Å². The van der Waals surface area contributed by atoms with E-state index in [1.54, 1.807) is 0 Å². The molecule has 15 aromatic rings. The van der Waals surface area contributed by atoms with E-state index in [-0.39, 0.29) is 0 Å². The van der Waals surface area contributed by atoms with Gasteiger partial charge >= 0.3 is 0 Å². The summed E-state index contributed by atoms with van der Waals surface area (Å²) >= 11 is 0. The molecular weight excluding hydrogens is 925 g/mol. The summed E-state index contributed by atoms with van der Waals surface area (Å²) in [7, 11) is 0. The molecule has 0 aliphatic heterocycles. The molecule has 0 spiro atoms. The van der Waals surface area contributed by atoms with Crippen molar-refractivity contribution < 1.29 is 0 Å². The van der Waals surface area contributed by atoms with E-state index < -0.39 is 0 Å². The van der Waals surface area contributed by atoms with Crippen LogP contribution in [0.3, 0.4) is 0 Å². The first-order valence-corrected chi connectivity index (χ1v) is 25.8. The molecule has 0 saturated heterocycles. The molecule has 0 saturated carbocycles. The van der Waals surface area contributed by atoms with Crippen LogP contribution in [0.25, 0.3) is 121 Å². The molecule has 0 bridgehead atoms. The summed E-state index contributed by atoms with van der Waals surface area (Å²) in [5.41, 5.74) is 15.8. The van der Waals surface area contributed by atoms with Gasteiger partial charge in [0.05, 0.1) is 61.2 Å². The fourth-order valence-corrected chi connectivity index (χ4v) is 12.0. The van der Waals surface area contributed by atoms with E-state index in [2.05, 4.69) is 273 Å². The lowest BCUT2D eigenvalue weighted by Crippen LogP contribution is -2.22. The number of fused-ring (bicyclic) bond motifs is 12.